The van der Waals surface area contributed by atoms with Gasteiger partial charge in [-0.25, -0.2) is 4.39 Å². The largest absolute Gasteiger partial charge is 0.465 e. The van der Waals surface area contributed by atoms with E-state index in [2.05, 4.69) is 5.32 Å². The molecule has 1 N–H and O–H groups in total. The molecule has 0 saturated heterocycles. The van der Waals surface area contributed by atoms with Crippen molar-refractivity contribution in [3.8, 4) is 0 Å². The zero-order valence-corrected chi connectivity index (χ0v) is 17.2. The number of fused-ring (bicyclic) bond motifs is 1. The van der Waals surface area contributed by atoms with E-state index < -0.39 is 23.7 Å². The van der Waals surface area contributed by atoms with Gasteiger partial charge in [0.15, 0.2) is 0 Å². The van der Waals surface area contributed by atoms with E-state index in [0.717, 1.165) is 10.5 Å². The van der Waals surface area contributed by atoms with Crippen LogP contribution in [0.25, 0.3) is 0 Å². The molecule has 2 aromatic rings. The van der Waals surface area contributed by atoms with Crippen molar-refractivity contribution in [1.82, 2.24) is 9.80 Å². The third-order valence-corrected chi connectivity index (χ3v) is 4.72. The molecule has 0 radical (unpaired) electrons. The molecule has 0 saturated carbocycles. The monoisotopic (exact) mass is 427 g/mol. The first-order chi connectivity index (χ1) is 14.8. The first-order valence-corrected chi connectivity index (χ1v) is 9.67. The molecule has 0 spiro atoms. The maximum Gasteiger partial charge on any atom is 0.320 e. The summed E-state index contributed by atoms with van der Waals surface area (Å²) in [5.74, 6) is -2.11. The number of rotatable bonds is 8. The summed E-state index contributed by atoms with van der Waals surface area (Å²) in [6.45, 7) is 1.87. The number of anilines is 1. The molecule has 1 heterocycles. The Bertz CT molecular complexity index is 1020. The third-order valence-electron chi connectivity index (χ3n) is 4.72. The predicted octanol–water partition coefficient (Wildman–Crippen LogP) is 2.06. The number of halogens is 1. The lowest BCUT2D eigenvalue weighted by Gasteiger charge is -2.21. The first-order valence-electron chi connectivity index (χ1n) is 9.67. The molecule has 3 amide bonds. The summed E-state index contributed by atoms with van der Waals surface area (Å²) in [7, 11) is 1.39. The number of nitrogens with zero attached hydrogens (tertiary/aromatic N) is 2. The van der Waals surface area contributed by atoms with Gasteiger partial charge in [0.2, 0.25) is 5.91 Å². The Labute approximate surface area is 178 Å². The quantitative estimate of drug-likeness (QED) is 0.512. The molecule has 0 bridgehead atoms. The molecule has 0 fully saturated rings. The van der Waals surface area contributed by atoms with Crippen LogP contribution in [-0.4, -0.2) is 60.2 Å². The number of carbonyl (C=O) groups excluding carboxylic acids is 4. The van der Waals surface area contributed by atoms with Crippen LogP contribution in [0.5, 0.6) is 0 Å². The van der Waals surface area contributed by atoms with E-state index in [0.29, 0.717) is 5.69 Å². The number of hydrogen-bond donors (Lipinski definition) is 1. The highest BCUT2D eigenvalue weighted by atomic mass is 19.1. The fourth-order valence-electron chi connectivity index (χ4n) is 3.25. The van der Waals surface area contributed by atoms with Gasteiger partial charge in [0, 0.05) is 19.3 Å². The second-order valence-corrected chi connectivity index (χ2v) is 7.05. The number of esters is 1. The van der Waals surface area contributed by atoms with Gasteiger partial charge in [-0.3, -0.25) is 29.0 Å². The van der Waals surface area contributed by atoms with Gasteiger partial charge in [0.05, 0.1) is 30.8 Å². The highest BCUT2D eigenvalue weighted by molar-refractivity contribution is 6.21. The molecule has 0 aromatic heterocycles. The molecule has 31 heavy (non-hydrogen) atoms. The van der Waals surface area contributed by atoms with Crippen LogP contribution in [0.1, 0.15) is 33.2 Å². The molecule has 8 nitrogen and oxygen atoms in total. The Morgan fingerprint density at radius 1 is 1.03 bits per heavy atom. The topological polar surface area (TPSA) is 96.0 Å². The van der Waals surface area contributed by atoms with E-state index in [1.165, 1.54) is 37.4 Å². The summed E-state index contributed by atoms with van der Waals surface area (Å²) in [4.78, 5) is 51.2. The van der Waals surface area contributed by atoms with Crippen LogP contribution in [-0.2, 0) is 20.9 Å². The summed E-state index contributed by atoms with van der Waals surface area (Å²) < 4.78 is 18.1. The van der Waals surface area contributed by atoms with Crippen LogP contribution in [0, 0.1) is 5.82 Å². The van der Waals surface area contributed by atoms with E-state index in [1.54, 1.807) is 24.0 Å². The van der Waals surface area contributed by atoms with Gasteiger partial charge in [0.25, 0.3) is 11.8 Å². The molecule has 1 aliphatic rings. The van der Waals surface area contributed by atoms with Crippen molar-refractivity contribution in [3.05, 3.63) is 65.0 Å². The maximum atomic E-state index is 13.2. The highest BCUT2D eigenvalue weighted by Crippen LogP contribution is 2.24. The van der Waals surface area contributed by atoms with Gasteiger partial charge in [-0.15, -0.1) is 0 Å². The van der Waals surface area contributed by atoms with Crippen LogP contribution in [0.15, 0.2) is 42.5 Å². The minimum absolute atomic E-state index is 0.124. The standard InChI is InChI=1S/C22H22FN3O5/c1-3-31-20(28)13-26(11-14-4-6-15(23)7-5-14)12-19(27)24-16-8-9-17-18(10-16)22(30)25(2)21(17)29/h4-10H,3,11-13H2,1-2H3,(H,24,27). The van der Waals surface area contributed by atoms with Gasteiger partial charge in [0.1, 0.15) is 5.82 Å². The van der Waals surface area contributed by atoms with E-state index in [1.807, 2.05) is 0 Å². The van der Waals surface area contributed by atoms with Crippen LogP contribution in [0.2, 0.25) is 0 Å². The second-order valence-electron chi connectivity index (χ2n) is 7.05. The van der Waals surface area contributed by atoms with Crippen molar-refractivity contribution in [2.45, 2.75) is 13.5 Å². The summed E-state index contributed by atoms with van der Waals surface area (Å²) in [5.41, 5.74) is 1.59. The van der Waals surface area contributed by atoms with Gasteiger partial charge in [-0.2, -0.15) is 0 Å². The van der Waals surface area contributed by atoms with Crippen molar-refractivity contribution < 1.29 is 28.3 Å². The number of carbonyl (C=O) groups is 4. The van der Waals surface area contributed by atoms with E-state index >= 15 is 0 Å². The minimum Gasteiger partial charge on any atom is -0.465 e. The van der Waals surface area contributed by atoms with Crippen LogP contribution in [0.3, 0.4) is 0 Å². The van der Waals surface area contributed by atoms with Crippen molar-refractivity contribution in [1.29, 1.82) is 0 Å². The molecule has 9 heteroatoms. The molecule has 0 unspecified atom stereocenters. The van der Waals surface area contributed by atoms with E-state index in [-0.39, 0.29) is 43.2 Å². The number of nitrogens with one attached hydrogen (secondary N) is 1. The lowest BCUT2D eigenvalue weighted by Crippen LogP contribution is -2.37. The molecule has 0 atom stereocenters. The lowest BCUT2D eigenvalue weighted by atomic mass is 10.1. The van der Waals surface area contributed by atoms with Gasteiger partial charge < -0.3 is 10.1 Å². The fourth-order valence-corrected chi connectivity index (χ4v) is 3.25. The molecule has 1 aliphatic heterocycles. The van der Waals surface area contributed by atoms with Crippen LogP contribution in [0.4, 0.5) is 10.1 Å². The Hall–Kier alpha value is -3.59. The number of amides is 3. The zero-order chi connectivity index (χ0) is 22.5. The van der Waals surface area contributed by atoms with Crippen molar-refractivity contribution in [3.63, 3.8) is 0 Å². The summed E-state index contributed by atoms with van der Waals surface area (Å²) >= 11 is 0. The molecule has 2 aromatic carbocycles. The molecule has 162 valence electrons. The second kappa shape index (κ2) is 9.48. The number of hydrogen-bond acceptors (Lipinski definition) is 6. The van der Waals surface area contributed by atoms with E-state index in [4.69, 9.17) is 4.74 Å². The van der Waals surface area contributed by atoms with Gasteiger partial charge >= 0.3 is 5.97 Å². The third kappa shape index (κ3) is 5.32. The van der Waals surface area contributed by atoms with E-state index in [9.17, 15) is 23.6 Å². The Morgan fingerprint density at radius 2 is 1.71 bits per heavy atom. The molecular formula is C22H22FN3O5. The molecular weight excluding hydrogens is 405 g/mol. The van der Waals surface area contributed by atoms with Crippen LogP contribution >= 0.6 is 0 Å². The normalized spacial score (nSPS) is 12.8. The lowest BCUT2D eigenvalue weighted by molar-refractivity contribution is -0.144. The van der Waals surface area contributed by atoms with Crippen molar-refractivity contribution in [2.24, 2.45) is 0 Å². The van der Waals surface area contributed by atoms with Crippen molar-refractivity contribution >= 4 is 29.4 Å². The Balaban J connectivity index is 1.69. The first kappa shape index (κ1) is 22.1. The average molecular weight is 427 g/mol. The van der Waals surface area contributed by atoms with Crippen LogP contribution < -0.4 is 5.32 Å². The summed E-state index contributed by atoms with van der Waals surface area (Å²) in [6.07, 6.45) is 0. The highest BCUT2D eigenvalue weighted by Gasteiger charge is 2.32. The number of ether oxygens (including phenoxy) is 1. The number of imide groups is 1. The maximum absolute atomic E-state index is 13.2. The van der Waals surface area contributed by atoms with Gasteiger partial charge in [-0.05, 0) is 42.8 Å². The summed E-state index contributed by atoms with van der Waals surface area (Å²) in [5, 5.41) is 2.68. The Kier molecular flexibility index (Phi) is 6.76. The average Bonchev–Trinajstić information content (AvgIpc) is 2.93. The fraction of sp³-hybridized carbons (Fsp3) is 0.273. The SMILES string of the molecule is CCOC(=O)CN(CC(=O)Nc1ccc2c(c1)C(=O)N(C)C2=O)Cc1ccc(F)cc1. The van der Waals surface area contributed by atoms with Gasteiger partial charge in [-0.1, -0.05) is 12.1 Å². The molecule has 0 aliphatic carbocycles. The smallest absolute Gasteiger partial charge is 0.320 e. The Morgan fingerprint density at radius 3 is 2.39 bits per heavy atom. The number of benzene rings is 2. The van der Waals surface area contributed by atoms with Crippen molar-refractivity contribution in [2.75, 3.05) is 32.1 Å². The zero-order valence-electron chi connectivity index (χ0n) is 17.2. The summed E-state index contributed by atoms with van der Waals surface area (Å²) in [6, 6.07) is 10.2. The molecule has 3 rings (SSSR count). The predicted molar refractivity (Wildman–Crippen MR) is 110 cm³/mol. The minimum atomic E-state index is -0.484.